The number of carbonyl (C=O) groups excluding carboxylic acids is 1. The van der Waals surface area contributed by atoms with Gasteiger partial charge in [-0.3, -0.25) is 9.48 Å². The third kappa shape index (κ3) is 6.88. The molecule has 2 aliphatic heterocycles. The summed E-state index contributed by atoms with van der Waals surface area (Å²) in [5.41, 5.74) is 5.97. The number of benzene rings is 1. The van der Waals surface area contributed by atoms with E-state index in [-0.39, 0.29) is 16.6 Å². The summed E-state index contributed by atoms with van der Waals surface area (Å²) < 4.78 is 7.16. The van der Waals surface area contributed by atoms with Crippen LogP contribution >= 0.6 is 40.0 Å². The topological polar surface area (TPSA) is 98.5 Å². The monoisotopic (exact) mass is 743 g/mol. The van der Waals surface area contributed by atoms with E-state index in [1.807, 2.05) is 38.7 Å². The highest BCUT2D eigenvalue weighted by Gasteiger charge is 2.53. The van der Waals surface area contributed by atoms with E-state index in [0.717, 1.165) is 97.8 Å². The Morgan fingerprint density at radius 1 is 1.30 bits per heavy atom. The molecule has 1 saturated carbocycles. The summed E-state index contributed by atoms with van der Waals surface area (Å²) >= 11 is 9.40. The van der Waals surface area contributed by atoms with E-state index in [1.165, 1.54) is 6.21 Å². The maximum absolute atomic E-state index is 11.1. The van der Waals surface area contributed by atoms with Gasteiger partial charge in [0.1, 0.15) is 0 Å². The van der Waals surface area contributed by atoms with E-state index in [2.05, 4.69) is 62.8 Å². The fourth-order valence-corrected chi connectivity index (χ4v) is 7.98. The second-order valence-corrected chi connectivity index (χ2v) is 15.9. The number of methoxy groups -OCH3 is 1. The number of hydrogen-bond acceptors (Lipinski definition) is 7. The van der Waals surface area contributed by atoms with Crippen molar-refractivity contribution in [1.82, 2.24) is 20.0 Å². The molecule has 2 atom stereocenters. The number of amides is 1. The fourth-order valence-electron chi connectivity index (χ4n) is 6.55. The van der Waals surface area contributed by atoms with Crippen LogP contribution in [-0.4, -0.2) is 78.3 Å². The SMILES string of the molecule is CC[C@@]1(C)CNCCN1c1nn(C2CC3(C2)CN(C=O)C3)c(C)c1-c1c(Cl)c(C)cc(NPI)c1C=N.COC(C)(C)C. The largest absolute Gasteiger partial charge is 0.379 e. The molecular weight excluding hydrogens is 696 g/mol. The Hall–Kier alpha value is -1.46. The molecule has 3 heterocycles. The van der Waals surface area contributed by atoms with Crippen molar-refractivity contribution in [3.8, 4) is 11.1 Å². The van der Waals surface area contributed by atoms with Gasteiger partial charge in [0.05, 0.1) is 22.2 Å². The number of carbonyl (C=O) groups is 1. The third-order valence-electron chi connectivity index (χ3n) is 9.40. The smallest absolute Gasteiger partial charge is 0.209 e. The van der Waals surface area contributed by atoms with Crippen molar-refractivity contribution >= 4 is 64.1 Å². The van der Waals surface area contributed by atoms with E-state index in [1.54, 1.807) is 7.11 Å². The van der Waals surface area contributed by atoms with Gasteiger partial charge in [-0.05, 0) is 94.5 Å². The highest BCUT2D eigenvalue weighted by atomic mass is 127. The zero-order valence-electron chi connectivity index (χ0n) is 26.8. The highest BCUT2D eigenvalue weighted by Crippen LogP contribution is 2.55. The molecular formula is C31H48ClIN7O2P. The van der Waals surface area contributed by atoms with Crippen molar-refractivity contribution in [1.29, 1.82) is 5.41 Å². The number of likely N-dealkylation sites (tertiary alicyclic amines) is 1. The lowest BCUT2D eigenvalue weighted by atomic mass is 9.61. The van der Waals surface area contributed by atoms with Gasteiger partial charge in [0.25, 0.3) is 0 Å². The number of piperazine rings is 1. The predicted molar refractivity (Wildman–Crippen MR) is 190 cm³/mol. The number of aromatic nitrogens is 2. The molecule has 0 bridgehead atoms. The van der Waals surface area contributed by atoms with Crippen LogP contribution in [0.3, 0.4) is 0 Å². The lowest BCUT2D eigenvalue weighted by Gasteiger charge is -2.58. The summed E-state index contributed by atoms with van der Waals surface area (Å²) in [6, 6.07) is 2.35. The molecule has 1 spiro atoms. The Labute approximate surface area is 277 Å². The van der Waals surface area contributed by atoms with Gasteiger partial charge < -0.3 is 30.4 Å². The molecule has 1 aromatic carbocycles. The van der Waals surface area contributed by atoms with Gasteiger partial charge in [-0.15, -0.1) is 0 Å². The summed E-state index contributed by atoms with van der Waals surface area (Å²) in [6.07, 6.45) is 5.93. The summed E-state index contributed by atoms with van der Waals surface area (Å²) in [7, 11) is 1.71. The van der Waals surface area contributed by atoms with E-state index in [9.17, 15) is 4.79 Å². The Balaban J connectivity index is 0.000000641. The average molecular weight is 744 g/mol. The van der Waals surface area contributed by atoms with E-state index < -0.39 is 0 Å². The molecule has 12 heteroatoms. The van der Waals surface area contributed by atoms with Crippen molar-refractivity contribution in [3.63, 3.8) is 0 Å². The number of halogens is 2. The van der Waals surface area contributed by atoms with Crippen LogP contribution in [0, 0.1) is 24.7 Å². The standard InChI is InChI=1S/C26H36ClIN7OP.C5H12O/c1-5-25(4)12-30-6-7-34(25)24-21(22-19(11-29)20(32-37-28)8-16(2)23(22)27)17(3)35(31-24)18-9-26(10-18)13-33(14-26)15-36;1-5(2,3)6-4/h8,11,15,18,29-30,32,37H,5-7,9-10,12-14H2,1-4H3;1-4H3/t25-;/m0./s1. The molecule has 2 saturated heterocycles. The first-order valence-corrected chi connectivity index (χ1v) is 19.5. The van der Waals surface area contributed by atoms with Crippen molar-refractivity contribution in [2.45, 2.75) is 84.9 Å². The summed E-state index contributed by atoms with van der Waals surface area (Å²) in [6.45, 7) is 19.2. The lowest BCUT2D eigenvalue weighted by molar-refractivity contribution is -0.140. The molecule has 43 heavy (non-hydrogen) atoms. The second kappa shape index (κ2) is 13.5. The molecule has 5 rings (SSSR count). The molecule has 3 N–H and O–H groups in total. The molecule has 3 aliphatic rings. The minimum atomic E-state index is -0.0797. The van der Waals surface area contributed by atoms with Crippen LogP contribution in [0.25, 0.3) is 11.1 Å². The minimum Gasteiger partial charge on any atom is -0.379 e. The van der Waals surface area contributed by atoms with E-state index >= 15 is 0 Å². The number of hydrogen-bond donors (Lipinski definition) is 3. The van der Waals surface area contributed by atoms with Crippen molar-refractivity contribution < 1.29 is 9.53 Å². The zero-order valence-corrected chi connectivity index (χ0v) is 30.7. The van der Waals surface area contributed by atoms with Gasteiger partial charge in [-0.2, -0.15) is 5.10 Å². The number of nitrogens with zero attached hydrogens (tertiary/aromatic N) is 4. The molecule has 9 nitrogen and oxygen atoms in total. The van der Waals surface area contributed by atoms with Crippen molar-refractivity contribution in [2.24, 2.45) is 5.41 Å². The van der Waals surface area contributed by atoms with Gasteiger partial charge in [0.2, 0.25) is 6.41 Å². The number of aryl methyl sites for hydroxylation is 1. The van der Waals surface area contributed by atoms with Gasteiger partial charge in [0.15, 0.2) is 5.82 Å². The first-order valence-electron chi connectivity index (χ1n) is 15.0. The summed E-state index contributed by atoms with van der Waals surface area (Å²) in [5, 5.41) is 21.4. The van der Waals surface area contributed by atoms with E-state index in [0.29, 0.717) is 17.4 Å². The number of anilines is 2. The molecule has 2 aromatic rings. The normalized spacial score (nSPS) is 21.8. The zero-order chi connectivity index (χ0) is 31.7. The molecule has 238 valence electrons. The Bertz CT molecular complexity index is 1330. The van der Waals surface area contributed by atoms with Gasteiger partial charge >= 0.3 is 0 Å². The Morgan fingerprint density at radius 3 is 2.49 bits per heavy atom. The van der Waals surface area contributed by atoms with Crippen LogP contribution in [0.4, 0.5) is 11.5 Å². The molecule has 3 fully saturated rings. The second-order valence-electron chi connectivity index (χ2n) is 13.5. The van der Waals surface area contributed by atoms with Crippen LogP contribution in [0.1, 0.15) is 76.7 Å². The van der Waals surface area contributed by atoms with Gasteiger partial charge in [0, 0.05) is 85.9 Å². The minimum absolute atomic E-state index is 0.0417. The van der Waals surface area contributed by atoms with Gasteiger partial charge in [-0.1, -0.05) is 18.5 Å². The van der Waals surface area contributed by atoms with E-state index in [4.69, 9.17) is 26.8 Å². The van der Waals surface area contributed by atoms with Crippen molar-refractivity contribution in [2.75, 3.05) is 49.8 Å². The first kappa shape index (κ1) is 34.4. The number of nitrogens with one attached hydrogen (secondary N) is 3. The highest BCUT2D eigenvalue weighted by molar-refractivity contribution is 14.2. The lowest BCUT2D eigenvalue weighted by Crippen LogP contribution is -2.62. The van der Waals surface area contributed by atoms with Crippen LogP contribution in [-0.2, 0) is 9.53 Å². The predicted octanol–water partition coefficient (Wildman–Crippen LogP) is 6.98. The summed E-state index contributed by atoms with van der Waals surface area (Å²) in [5.74, 6) is 0.964. The molecule has 1 unspecified atom stereocenters. The van der Waals surface area contributed by atoms with Crippen LogP contribution in [0.2, 0.25) is 5.02 Å². The molecule has 0 radical (unpaired) electrons. The van der Waals surface area contributed by atoms with Crippen LogP contribution < -0.4 is 15.3 Å². The molecule has 1 aliphatic carbocycles. The maximum Gasteiger partial charge on any atom is 0.209 e. The fraction of sp³-hybridized carbons (Fsp3) is 0.645. The summed E-state index contributed by atoms with van der Waals surface area (Å²) in [4.78, 5) is 15.5. The quantitative estimate of drug-likeness (QED) is 0.117. The maximum atomic E-state index is 11.1. The van der Waals surface area contributed by atoms with Crippen molar-refractivity contribution in [3.05, 3.63) is 27.9 Å². The third-order valence-corrected chi connectivity index (χ3v) is 11.1. The Kier molecular flexibility index (Phi) is 10.8. The Morgan fingerprint density at radius 2 is 1.95 bits per heavy atom. The number of ether oxygens (including phenoxy) is 1. The van der Waals surface area contributed by atoms with Gasteiger partial charge in [-0.25, -0.2) is 0 Å². The molecule has 1 amide bonds. The number of rotatable bonds is 8. The average Bonchev–Trinajstić information content (AvgIpc) is 3.25. The van der Waals surface area contributed by atoms with Crippen LogP contribution in [0.5, 0.6) is 0 Å². The van der Waals surface area contributed by atoms with Crippen LogP contribution in [0.15, 0.2) is 6.07 Å². The first-order chi connectivity index (χ1) is 20.3. The molecule has 1 aromatic heterocycles.